The second-order valence-electron chi connectivity index (χ2n) is 5.48. The Bertz CT molecular complexity index is 781. The van der Waals surface area contributed by atoms with Gasteiger partial charge in [0.25, 0.3) is 0 Å². The maximum atomic E-state index is 13.7. The number of anilines is 1. The molecule has 1 aromatic carbocycles. The highest BCUT2D eigenvalue weighted by molar-refractivity contribution is 5.92. The molecular weight excluding hydrogens is 330 g/mol. The topological polar surface area (TPSA) is 58.6 Å². The fourth-order valence-electron chi connectivity index (χ4n) is 2.40. The predicted molar refractivity (Wildman–Crippen MR) is 86.5 cm³/mol. The Labute approximate surface area is 142 Å². The van der Waals surface area contributed by atoms with Gasteiger partial charge in [0.05, 0.1) is 37.8 Å². The van der Waals surface area contributed by atoms with Gasteiger partial charge in [-0.1, -0.05) is 0 Å². The predicted octanol–water partition coefficient (Wildman–Crippen LogP) is 3.79. The lowest BCUT2D eigenvalue weighted by Crippen LogP contribution is -2.32. The Morgan fingerprint density at radius 3 is 2.16 bits per heavy atom. The van der Waals surface area contributed by atoms with Gasteiger partial charge < -0.3 is 14.2 Å². The van der Waals surface area contributed by atoms with Crippen molar-refractivity contribution < 1.29 is 22.4 Å². The highest BCUT2D eigenvalue weighted by atomic mass is 19.1. The second-order valence-corrected chi connectivity index (χ2v) is 5.48. The molecular formula is C18H16F2N2O3. The number of furan rings is 2. The SMILES string of the molecule is O=C(CN(Cc1ccco1)Cc1ccco1)Nc1ccc(F)cc1F. The summed E-state index contributed by atoms with van der Waals surface area (Å²) in [5.74, 6) is -0.576. The Hall–Kier alpha value is -2.93. The smallest absolute Gasteiger partial charge is 0.238 e. The molecule has 0 aliphatic heterocycles. The first-order chi connectivity index (χ1) is 12.1. The average Bonchev–Trinajstić information content (AvgIpc) is 3.24. The van der Waals surface area contributed by atoms with Crippen molar-refractivity contribution in [1.82, 2.24) is 4.90 Å². The Balaban J connectivity index is 1.66. The van der Waals surface area contributed by atoms with Crippen LogP contribution in [0.4, 0.5) is 14.5 Å². The summed E-state index contributed by atoms with van der Waals surface area (Å²) in [5, 5.41) is 2.44. The molecule has 0 fully saturated rings. The van der Waals surface area contributed by atoms with E-state index in [1.807, 2.05) is 0 Å². The van der Waals surface area contributed by atoms with Crippen LogP contribution in [0.15, 0.2) is 63.8 Å². The highest BCUT2D eigenvalue weighted by Gasteiger charge is 2.16. The number of halogens is 2. The van der Waals surface area contributed by atoms with Gasteiger partial charge >= 0.3 is 0 Å². The molecule has 0 radical (unpaired) electrons. The normalized spacial score (nSPS) is 11.0. The maximum absolute atomic E-state index is 13.7. The van der Waals surface area contributed by atoms with Crippen molar-refractivity contribution in [3.05, 3.63) is 78.1 Å². The number of carbonyl (C=O) groups excluding carboxylic acids is 1. The summed E-state index contributed by atoms with van der Waals surface area (Å²) in [7, 11) is 0. The number of nitrogens with one attached hydrogen (secondary N) is 1. The molecule has 0 aliphatic carbocycles. The van der Waals surface area contributed by atoms with Gasteiger partial charge in [-0.25, -0.2) is 8.78 Å². The number of hydrogen-bond acceptors (Lipinski definition) is 4. The molecule has 0 saturated carbocycles. The van der Waals surface area contributed by atoms with E-state index in [4.69, 9.17) is 8.83 Å². The van der Waals surface area contributed by atoms with E-state index in [2.05, 4.69) is 5.32 Å². The number of carbonyl (C=O) groups is 1. The van der Waals surface area contributed by atoms with Crippen LogP contribution in [-0.4, -0.2) is 17.4 Å². The Kier molecular flexibility index (Phi) is 5.25. The first-order valence-corrected chi connectivity index (χ1v) is 7.62. The van der Waals surface area contributed by atoms with Crippen molar-refractivity contribution in [2.24, 2.45) is 0 Å². The zero-order chi connectivity index (χ0) is 17.6. The van der Waals surface area contributed by atoms with Gasteiger partial charge in [0.1, 0.15) is 23.2 Å². The summed E-state index contributed by atoms with van der Waals surface area (Å²) in [6.45, 7) is 0.748. The monoisotopic (exact) mass is 346 g/mol. The van der Waals surface area contributed by atoms with Crippen LogP contribution in [0.5, 0.6) is 0 Å². The fraction of sp³-hybridized carbons (Fsp3) is 0.167. The minimum Gasteiger partial charge on any atom is -0.468 e. The molecule has 25 heavy (non-hydrogen) atoms. The lowest BCUT2D eigenvalue weighted by Gasteiger charge is -2.19. The average molecular weight is 346 g/mol. The minimum absolute atomic E-state index is 0.0157. The Morgan fingerprint density at radius 1 is 1.00 bits per heavy atom. The molecule has 1 amide bonds. The highest BCUT2D eigenvalue weighted by Crippen LogP contribution is 2.16. The molecule has 1 N–H and O–H groups in total. The first-order valence-electron chi connectivity index (χ1n) is 7.62. The van der Waals surface area contributed by atoms with Gasteiger partial charge in [0.15, 0.2) is 0 Å². The molecule has 7 heteroatoms. The van der Waals surface area contributed by atoms with Crippen LogP contribution in [0.1, 0.15) is 11.5 Å². The third kappa shape index (κ3) is 4.77. The third-order valence-corrected chi connectivity index (χ3v) is 3.49. The first kappa shape index (κ1) is 16.9. The quantitative estimate of drug-likeness (QED) is 0.707. The van der Waals surface area contributed by atoms with Crippen molar-refractivity contribution in [2.75, 3.05) is 11.9 Å². The fourth-order valence-corrected chi connectivity index (χ4v) is 2.40. The number of hydrogen-bond donors (Lipinski definition) is 1. The molecule has 3 rings (SSSR count). The number of rotatable bonds is 7. The van der Waals surface area contributed by atoms with Crippen LogP contribution in [0, 0.1) is 11.6 Å². The molecule has 3 aromatic rings. The summed E-state index contributed by atoms with van der Waals surface area (Å²) < 4.78 is 37.2. The molecule has 0 unspecified atom stereocenters. The van der Waals surface area contributed by atoms with Crippen LogP contribution >= 0.6 is 0 Å². The van der Waals surface area contributed by atoms with Gasteiger partial charge in [-0.2, -0.15) is 0 Å². The van der Waals surface area contributed by atoms with Crippen LogP contribution in [0.3, 0.4) is 0 Å². The number of benzene rings is 1. The van der Waals surface area contributed by atoms with Crippen molar-refractivity contribution >= 4 is 11.6 Å². The largest absolute Gasteiger partial charge is 0.468 e. The summed E-state index contributed by atoms with van der Waals surface area (Å²) in [6, 6.07) is 10.1. The van der Waals surface area contributed by atoms with E-state index >= 15 is 0 Å². The number of amides is 1. The minimum atomic E-state index is -0.822. The van der Waals surface area contributed by atoms with Crippen molar-refractivity contribution in [2.45, 2.75) is 13.1 Å². The molecule has 0 spiro atoms. The van der Waals surface area contributed by atoms with E-state index in [9.17, 15) is 13.6 Å². The Morgan fingerprint density at radius 2 is 1.64 bits per heavy atom. The third-order valence-electron chi connectivity index (χ3n) is 3.49. The van der Waals surface area contributed by atoms with Crippen molar-refractivity contribution in [1.29, 1.82) is 0 Å². The van der Waals surface area contributed by atoms with Crippen molar-refractivity contribution in [3.63, 3.8) is 0 Å². The zero-order valence-corrected chi connectivity index (χ0v) is 13.2. The van der Waals surface area contributed by atoms with E-state index in [1.54, 1.807) is 41.7 Å². The van der Waals surface area contributed by atoms with Gasteiger partial charge in [-0.3, -0.25) is 9.69 Å². The van der Waals surface area contributed by atoms with E-state index in [0.717, 1.165) is 12.1 Å². The molecule has 130 valence electrons. The van der Waals surface area contributed by atoms with Crippen LogP contribution < -0.4 is 5.32 Å². The summed E-state index contributed by atoms with van der Waals surface area (Å²) in [5.41, 5.74) is -0.0673. The van der Waals surface area contributed by atoms with E-state index in [0.29, 0.717) is 24.6 Å². The lowest BCUT2D eigenvalue weighted by atomic mass is 10.3. The molecule has 5 nitrogen and oxygen atoms in total. The second kappa shape index (κ2) is 7.76. The lowest BCUT2D eigenvalue weighted by molar-refractivity contribution is -0.117. The number of nitrogens with zero attached hydrogens (tertiary/aromatic N) is 1. The summed E-state index contributed by atoms with van der Waals surface area (Å²) in [6.07, 6.45) is 3.10. The van der Waals surface area contributed by atoms with Gasteiger partial charge in [-0.05, 0) is 36.4 Å². The van der Waals surface area contributed by atoms with E-state index < -0.39 is 17.5 Å². The van der Waals surface area contributed by atoms with Gasteiger partial charge in [-0.15, -0.1) is 0 Å². The summed E-state index contributed by atoms with van der Waals surface area (Å²) in [4.78, 5) is 14.0. The van der Waals surface area contributed by atoms with E-state index in [1.165, 1.54) is 6.07 Å². The van der Waals surface area contributed by atoms with Crippen LogP contribution in [0.25, 0.3) is 0 Å². The van der Waals surface area contributed by atoms with Crippen molar-refractivity contribution in [3.8, 4) is 0 Å². The maximum Gasteiger partial charge on any atom is 0.238 e. The molecule has 2 aromatic heterocycles. The standard InChI is InChI=1S/C18H16F2N2O3/c19-13-5-6-17(16(20)9-13)21-18(23)12-22(10-14-3-1-7-24-14)11-15-4-2-8-25-15/h1-9H,10-12H2,(H,21,23). The van der Waals surface area contributed by atoms with Crippen LogP contribution in [-0.2, 0) is 17.9 Å². The summed E-state index contributed by atoms with van der Waals surface area (Å²) >= 11 is 0. The van der Waals surface area contributed by atoms with E-state index in [-0.39, 0.29) is 12.2 Å². The molecule has 0 aliphatic rings. The molecule has 0 bridgehead atoms. The van der Waals surface area contributed by atoms with Gasteiger partial charge in [0.2, 0.25) is 5.91 Å². The molecule has 0 atom stereocenters. The van der Waals surface area contributed by atoms with Crippen LogP contribution in [0.2, 0.25) is 0 Å². The zero-order valence-electron chi connectivity index (χ0n) is 13.2. The van der Waals surface area contributed by atoms with Gasteiger partial charge in [0, 0.05) is 6.07 Å². The molecule has 0 saturated heterocycles. The molecule has 2 heterocycles.